The van der Waals surface area contributed by atoms with Crippen LogP contribution < -0.4 is 5.32 Å². The second-order valence-corrected chi connectivity index (χ2v) is 7.01. The molecule has 21 heavy (non-hydrogen) atoms. The van der Waals surface area contributed by atoms with Crippen molar-refractivity contribution in [3.63, 3.8) is 0 Å². The Kier molecular flexibility index (Phi) is 4.20. The Balaban J connectivity index is 1.49. The number of amides is 2. The number of hydrogen-bond donors (Lipinski definition) is 2. The predicted octanol–water partition coefficient (Wildman–Crippen LogP) is 1.06. The molecule has 2 amide bonds. The lowest BCUT2D eigenvalue weighted by molar-refractivity contribution is -0.137. The van der Waals surface area contributed by atoms with Crippen molar-refractivity contribution < 1.29 is 14.7 Å². The van der Waals surface area contributed by atoms with Crippen molar-refractivity contribution in [2.24, 2.45) is 11.8 Å². The molecule has 5 heteroatoms. The maximum absolute atomic E-state index is 12.4. The average molecular weight is 294 g/mol. The first-order valence-corrected chi connectivity index (χ1v) is 8.35. The van der Waals surface area contributed by atoms with Gasteiger partial charge in [-0.3, -0.25) is 9.59 Å². The minimum Gasteiger partial charge on any atom is -0.394 e. The lowest BCUT2D eigenvalue weighted by Gasteiger charge is -2.34. The first kappa shape index (κ1) is 14.8. The molecule has 1 saturated heterocycles. The molecule has 118 valence electrons. The molecule has 0 aromatic carbocycles. The molecule has 0 bridgehead atoms. The van der Waals surface area contributed by atoms with Gasteiger partial charge in [0.2, 0.25) is 11.8 Å². The number of nitrogens with zero attached hydrogens (tertiary/aromatic N) is 1. The van der Waals surface area contributed by atoms with Crippen molar-refractivity contribution in [3.8, 4) is 0 Å². The van der Waals surface area contributed by atoms with Crippen LogP contribution in [0.2, 0.25) is 0 Å². The van der Waals surface area contributed by atoms with Gasteiger partial charge in [0.1, 0.15) is 0 Å². The molecule has 0 aromatic heterocycles. The Morgan fingerprint density at radius 2 is 1.67 bits per heavy atom. The number of carbonyl (C=O) groups excluding carboxylic acids is 2. The Bertz CT molecular complexity index is 406. The minimum atomic E-state index is -0.377. The normalized spacial score (nSPS) is 25.9. The molecule has 2 aliphatic carbocycles. The van der Waals surface area contributed by atoms with Crippen molar-refractivity contribution in [1.29, 1.82) is 0 Å². The molecule has 3 aliphatic rings. The van der Waals surface area contributed by atoms with E-state index < -0.39 is 0 Å². The Morgan fingerprint density at radius 1 is 1.05 bits per heavy atom. The van der Waals surface area contributed by atoms with Crippen LogP contribution in [0.3, 0.4) is 0 Å². The van der Waals surface area contributed by atoms with Crippen molar-refractivity contribution >= 4 is 11.8 Å². The topological polar surface area (TPSA) is 69.6 Å². The maximum atomic E-state index is 12.4. The Hall–Kier alpha value is -1.10. The molecule has 2 N–H and O–H groups in total. The van der Waals surface area contributed by atoms with Crippen LogP contribution in [0.4, 0.5) is 0 Å². The summed E-state index contributed by atoms with van der Waals surface area (Å²) in [6.07, 6.45) is 7.51. The van der Waals surface area contributed by atoms with Gasteiger partial charge in [-0.25, -0.2) is 0 Å². The molecule has 2 saturated carbocycles. The second kappa shape index (κ2) is 5.95. The third-order valence-corrected chi connectivity index (χ3v) is 5.36. The number of likely N-dealkylation sites (tertiary alicyclic amines) is 1. The van der Waals surface area contributed by atoms with Crippen molar-refractivity contribution in [3.05, 3.63) is 0 Å². The highest BCUT2D eigenvalue weighted by Gasteiger charge is 2.39. The third kappa shape index (κ3) is 3.23. The monoisotopic (exact) mass is 294 g/mol. The van der Waals surface area contributed by atoms with Crippen molar-refractivity contribution in [2.45, 2.75) is 56.9 Å². The zero-order chi connectivity index (χ0) is 14.9. The van der Waals surface area contributed by atoms with E-state index in [1.54, 1.807) is 0 Å². The summed E-state index contributed by atoms with van der Waals surface area (Å²) in [5.74, 6) is 0.629. The van der Waals surface area contributed by atoms with E-state index in [2.05, 4.69) is 5.32 Å². The number of piperidine rings is 1. The smallest absolute Gasteiger partial charge is 0.225 e. The number of rotatable bonds is 4. The van der Waals surface area contributed by atoms with Crippen molar-refractivity contribution in [2.75, 3.05) is 19.7 Å². The quantitative estimate of drug-likeness (QED) is 0.814. The summed E-state index contributed by atoms with van der Waals surface area (Å²) in [6.45, 7) is 1.46. The molecule has 0 spiro atoms. The van der Waals surface area contributed by atoms with Crippen LogP contribution in [0, 0.1) is 11.8 Å². The molecule has 0 aromatic rings. The van der Waals surface area contributed by atoms with Gasteiger partial charge in [0.05, 0.1) is 12.1 Å². The lowest BCUT2D eigenvalue weighted by Crippen LogP contribution is -2.53. The van der Waals surface area contributed by atoms with Crippen LogP contribution in [0.1, 0.15) is 51.4 Å². The molecule has 3 fully saturated rings. The number of nitrogens with one attached hydrogen (secondary N) is 1. The molecular weight excluding hydrogens is 268 g/mol. The lowest BCUT2D eigenvalue weighted by atomic mass is 9.92. The standard InChI is InChI=1S/C16H26N2O3/c19-11-16(7-1-2-8-16)17-14(20)12-5-9-18(10-6-12)15(21)13-3-4-13/h12-13,19H,1-11H2,(H,17,20). The van der Waals surface area contributed by atoms with Crippen LogP contribution in [0.25, 0.3) is 0 Å². The van der Waals surface area contributed by atoms with Gasteiger partial charge < -0.3 is 15.3 Å². The van der Waals surface area contributed by atoms with Gasteiger partial charge >= 0.3 is 0 Å². The van der Waals surface area contributed by atoms with Gasteiger partial charge in [0.15, 0.2) is 0 Å². The summed E-state index contributed by atoms with van der Waals surface area (Å²) in [6, 6.07) is 0. The highest BCUT2D eigenvalue weighted by Crippen LogP contribution is 2.33. The molecular formula is C16H26N2O3. The summed E-state index contributed by atoms with van der Waals surface area (Å²) >= 11 is 0. The number of aliphatic hydroxyl groups excluding tert-OH is 1. The van der Waals surface area contributed by atoms with E-state index in [9.17, 15) is 14.7 Å². The molecule has 1 aliphatic heterocycles. The van der Waals surface area contributed by atoms with Gasteiger partial charge in [-0.15, -0.1) is 0 Å². The maximum Gasteiger partial charge on any atom is 0.225 e. The number of aliphatic hydroxyl groups is 1. The summed E-state index contributed by atoms with van der Waals surface area (Å²) in [5, 5.41) is 12.7. The molecule has 5 nitrogen and oxygen atoms in total. The Labute approximate surface area is 126 Å². The van der Waals surface area contributed by atoms with Crippen LogP contribution in [0.5, 0.6) is 0 Å². The van der Waals surface area contributed by atoms with E-state index in [1.165, 1.54) is 0 Å². The van der Waals surface area contributed by atoms with Crippen molar-refractivity contribution in [1.82, 2.24) is 10.2 Å². The Morgan fingerprint density at radius 3 is 2.19 bits per heavy atom. The first-order chi connectivity index (χ1) is 10.1. The fourth-order valence-electron chi connectivity index (χ4n) is 3.69. The van der Waals surface area contributed by atoms with Gasteiger partial charge in [0.25, 0.3) is 0 Å². The predicted molar refractivity (Wildman–Crippen MR) is 78.5 cm³/mol. The zero-order valence-corrected chi connectivity index (χ0v) is 12.6. The van der Waals surface area contributed by atoms with Crippen LogP contribution in [0.15, 0.2) is 0 Å². The van der Waals surface area contributed by atoms with Crippen LogP contribution in [-0.4, -0.2) is 47.1 Å². The summed E-state index contributed by atoms with van der Waals surface area (Å²) < 4.78 is 0. The SMILES string of the molecule is O=C(NC1(CO)CCCC1)C1CCN(C(=O)C2CC2)CC1. The zero-order valence-electron chi connectivity index (χ0n) is 12.6. The third-order valence-electron chi connectivity index (χ3n) is 5.36. The molecule has 1 heterocycles. The van der Waals surface area contributed by atoms with E-state index in [0.717, 1.165) is 51.4 Å². The van der Waals surface area contributed by atoms with Gasteiger partial charge in [-0.2, -0.15) is 0 Å². The van der Waals surface area contributed by atoms with E-state index in [1.807, 2.05) is 4.90 Å². The summed E-state index contributed by atoms with van der Waals surface area (Å²) in [5.41, 5.74) is -0.377. The fraction of sp³-hybridized carbons (Fsp3) is 0.875. The second-order valence-electron chi connectivity index (χ2n) is 7.01. The highest BCUT2D eigenvalue weighted by atomic mass is 16.3. The van der Waals surface area contributed by atoms with E-state index >= 15 is 0 Å². The summed E-state index contributed by atoms with van der Waals surface area (Å²) in [4.78, 5) is 26.3. The minimum absolute atomic E-state index is 0.00252. The average Bonchev–Trinajstić information content (AvgIpc) is 3.27. The van der Waals surface area contributed by atoms with Gasteiger partial charge in [-0.05, 0) is 38.5 Å². The molecule has 0 atom stereocenters. The van der Waals surface area contributed by atoms with E-state index in [-0.39, 0.29) is 35.8 Å². The van der Waals surface area contributed by atoms with E-state index in [4.69, 9.17) is 0 Å². The van der Waals surface area contributed by atoms with Gasteiger partial charge in [0, 0.05) is 24.9 Å². The fourth-order valence-corrected chi connectivity index (χ4v) is 3.69. The first-order valence-electron chi connectivity index (χ1n) is 8.35. The number of carbonyl (C=O) groups is 2. The highest BCUT2D eigenvalue weighted by molar-refractivity contribution is 5.82. The van der Waals surface area contributed by atoms with Gasteiger partial charge in [-0.1, -0.05) is 12.8 Å². The van der Waals surface area contributed by atoms with Crippen LogP contribution >= 0.6 is 0 Å². The molecule has 3 rings (SSSR count). The number of hydrogen-bond acceptors (Lipinski definition) is 3. The van der Waals surface area contributed by atoms with E-state index in [0.29, 0.717) is 13.1 Å². The molecule has 0 unspecified atom stereocenters. The largest absolute Gasteiger partial charge is 0.394 e. The molecule has 0 radical (unpaired) electrons. The van der Waals surface area contributed by atoms with Crippen LogP contribution in [-0.2, 0) is 9.59 Å². The summed E-state index contributed by atoms with van der Waals surface area (Å²) in [7, 11) is 0.